The highest BCUT2D eigenvalue weighted by Gasteiger charge is 2.26. The summed E-state index contributed by atoms with van der Waals surface area (Å²) in [7, 11) is 2.05. The molecule has 0 amide bonds. The second-order valence-corrected chi connectivity index (χ2v) is 4.67. The Morgan fingerprint density at radius 2 is 2.31 bits per heavy atom. The van der Waals surface area contributed by atoms with Crippen molar-refractivity contribution in [2.24, 2.45) is 5.92 Å². The summed E-state index contributed by atoms with van der Waals surface area (Å²) < 4.78 is 0. The van der Waals surface area contributed by atoms with Crippen molar-refractivity contribution < 1.29 is 5.11 Å². The van der Waals surface area contributed by atoms with Crippen LogP contribution >= 0.6 is 0 Å². The number of hydrogen-bond donors (Lipinski definition) is 2. The van der Waals surface area contributed by atoms with Crippen LogP contribution in [0.3, 0.4) is 0 Å². The Bertz CT molecular complexity index is 402. The molecule has 1 saturated heterocycles. The van der Waals surface area contributed by atoms with Crippen molar-refractivity contribution in [3.05, 3.63) is 34.2 Å². The maximum Gasteiger partial charge on any atom is 0.248 e. The van der Waals surface area contributed by atoms with E-state index in [-0.39, 0.29) is 12.2 Å². The van der Waals surface area contributed by atoms with Gasteiger partial charge in [-0.3, -0.25) is 4.79 Å². The van der Waals surface area contributed by atoms with Gasteiger partial charge >= 0.3 is 0 Å². The highest BCUT2D eigenvalue weighted by atomic mass is 16.3. The zero-order chi connectivity index (χ0) is 11.5. The molecule has 88 valence electrons. The first-order valence-electron chi connectivity index (χ1n) is 5.67. The predicted molar refractivity (Wildman–Crippen MR) is 62.5 cm³/mol. The molecule has 2 N–H and O–H groups in total. The molecule has 2 heterocycles. The third kappa shape index (κ3) is 2.51. The smallest absolute Gasteiger partial charge is 0.248 e. The summed E-state index contributed by atoms with van der Waals surface area (Å²) >= 11 is 0. The fourth-order valence-electron chi connectivity index (χ4n) is 2.50. The third-order valence-electron chi connectivity index (χ3n) is 3.21. The van der Waals surface area contributed by atoms with Crippen molar-refractivity contribution in [3.8, 4) is 0 Å². The van der Waals surface area contributed by atoms with Crippen LogP contribution in [-0.4, -0.2) is 41.7 Å². The Labute approximate surface area is 94.9 Å². The number of likely N-dealkylation sites (N-methyl/N-ethyl adjacent to an activating group) is 1. The molecule has 0 saturated carbocycles. The molecule has 1 aromatic heterocycles. The summed E-state index contributed by atoms with van der Waals surface area (Å²) in [4.78, 5) is 16.3. The number of aliphatic hydroxyl groups is 1. The Hall–Kier alpha value is -1.13. The Kier molecular flexibility index (Phi) is 3.41. The maximum atomic E-state index is 11.2. The first-order valence-corrected chi connectivity index (χ1v) is 5.67. The molecule has 0 bridgehead atoms. The zero-order valence-electron chi connectivity index (χ0n) is 9.52. The summed E-state index contributed by atoms with van der Waals surface area (Å²) in [5.41, 5.74) is 0.934. The van der Waals surface area contributed by atoms with Gasteiger partial charge in [0.2, 0.25) is 5.56 Å². The number of piperidine rings is 1. The van der Waals surface area contributed by atoms with E-state index in [0.29, 0.717) is 11.8 Å². The van der Waals surface area contributed by atoms with Crippen molar-refractivity contribution in [1.82, 2.24) is 9.88 Å². The van der Waals surface area contributed by atoms with Gasteiger partial charge in [0.1, 0.15) is 0 Å². The number of aliphatic hydroxyl groups excluding tert-OH is 1. The van der Waals surface area contributed by atoms with Crippen molar-refractivity contribution >= 4 is 0 Å². The average molecular weight is 222 g/mol. The third-order valence-corrected chi connectivity index (χ3v) is 3.21. The largest absolute Gasteiger partial charge is 0.396 e. The van der Waals surface area contributed by atoms with Gasteiger partial charge < -0.3 is 15.0 Å². The van der Waals surface area contributed by atoms with E-state index in [1.807, 2.05) is 6.07 Å². The van der Waals surface area contributed by atoms with Gasteiger partial charge in [-0.1, -0.05) is 6.07 Å². The summed E-state index contributed by atoms with van der Waals surface area (Å²) in [5.74, 6) is 0.636. The van der Waals surface area contributed by atoms with E-state index in [1.54, 1.807) is 6.07 Å². The van der Waals surface area contributed by atoms with Crippen LogP contribution in [0.2, 0.25) is 0 Å². The second kappa shape index (κ2) is 4.80. The van der Waals surface area contributed by atoms with Crippen molar-refractivity contribution in [3.63, 3.8) is 0 Å². The van der Waals surface area contributed by atoms with Gasteiger partial charge in [-0.2, -0.15) is 0 Å². The Morgan fingerprint density at radius 3 is 3.00 bits per heavy atom. The first-order chi connectivity index (χ1) is 7.69. The van der Waals surface area contributed by atoms with E-state index < -0.39 is 0 Å². The summed E-state index contributed by atoms with van der Waals surface area (Å²) in [6.45, 7) is 2.10. The first kappa shape index (κ1) is 11.4. The van der Waals surface area contributed by atoms with Crippen molar-refractivity contribution in [1.29, 1.82) is 0 Å². The van der Waals surface area contributed by atoms with Crippen LogP contribution in [0.5, 0.6) is 0 Å². The summed E-state index contributed by atoms with van der Waals surface area (Å²) in [6, 6.07) is 5.27. The van der Waals surface area contributed by atoms with Gasteiger partial charge in [-0.05, 0) is 25.5 Å². The van der Waals surface area contributed by atoms with Gasteiger partial charge in [0.15, 0.2) is 0 Å². The molecule has 0 spiro atoms. The van der Waals surface area contributed by atoms with E-state index in [9.17, 15) is 9.90 Å². The molecular formula is C12H18N2O2. The highest BCUT2D eigenvalue weighted by Crippen LogP contribution is 2.27. The summed E-state index contributed by atoms with van der Waals surface area (Å²) in [6.07, 6.45) is 0.945. The maximum absolute atomic E-state index is 11.2. The minimum absolute atomic E-state index is 0.0497. The van der Waals surface area contributed by atoms with Crippen molar-refractivity contribution in [2.45, 2.75) is 12.3 Å². The minimum Gasteiger partial charge on any atom is -0.396 e. The lowest BCUT2D eigenvalue weighted by Crippen LogP contribution is -2.38. The van der Waals surface area contributed by atoms with Crippen LogP contribution in [0.4, 0.5) is 0 Å². The Balaban J connectivity index is 2.17. The average Bonchev–Trinajstić information content (AvgIpc) is 2.28. The van der Waals surface area contributed by atoms with E-state index in [0.717, 1.165) is 25.2 Å². The lowest BCUT2D eigenvalue weighted by atomic mass is 9.87. The van der Waals surface area contributed by atoms with Gasteiger partial charge in [-0.25, -0.2) is 0 Å². The molecular weight excluding hydrogens is 204 g/mol. The fourth-order valence-corrected chi connectivity index (χ4v) is 2.50. The van der Waals surface area contributed by atoms with Crippen LogP contribution in [0.15, 0.2) is 23.0 Å². The number of nitrogens with one attached hydrogen (secondary N) is 1. The predicted octanol–water partition coefficient (Wildman–Crippen LogP) is 0.402. The highest BCUT2D eigenvalue weighted by molar-refractivity contribution is 5.11. The van der Waals surface area contributed by atoms with Crippen LogP contribution in [0.1, 0.15) is 18.0 Å². The van der Waals surface area contributed by atoms with Crippen molar-refractivity contribution in [2.75, 3.05) is 26.7 Å². The number of hydrogen-bond acceptors (Lipinski definition) is 3. The van der Waals surface area contributed by atoms with Crippen LogP contribution in [0.25, 0.3) is 0 Å². The second-order valence-electron chi connectivity index (χ2n) is 4.67. The number of rotatable bonds is 2. The molecule has 1 aliphatic heterocycles. The SMILES string of the molecule is CN1C[C@@H](CO)C[C@@H](c2cccc(=O)[nH]2)C1. The lowest BCUT2D eigenvalue weighted by Gasteiger charge is -2.34. The molecule has 0 aromatic carbocycles. The Morgan fingerprint density at radius 1 is 1.50 bits per heavy atom. The number of nitrogens with zero attached hydrogens (tertiary/aromatic N) is 1. The monoisotopic (exact) mass is 222 g/mol. The minimum atomic E-state index is -0.0497. The van der Waals surface area contributed by atoms with Crippen LogP contribution in [0, 0.1) is 5.92 Å². The molecule has 2 rings (SSSR count). The van der Waals surface area contributed by atoms with E-state index >= 15 is 0 Å². The van der Waals surface area contributed by atoms with E-state index in [4.69, 9.17) is 0 Å². The number of likely N-dealkylation sites (tertiary alicyclic amines) is 1. The van der Waals surface area contributed by atoms with Gasteiger partial charge in [0, 0.05) is 37.4 Å². The number of aromatic nitrogens is 1. The molecule has 0 aliphatic carbocycles. The van der Waals surface area contributed by atoms with Gasteiger partial charge in [0.05, 0.1) is 0 Å². The van der Waals surface area contributed by atoms with Crippen LogP contribution in [-0.2, 0) is 0 Å². The summed E-state index contributed by atoms with van der Waals surface area (Å²) in [5, 5.41) is 9.23. The van der Waals surface area contributed by atoms with E-state index in [1.165, 1.54) is 6.07 Å². The standard InChI is InChI=1S/C12H18N2O2/c1-14-6-9(8-15)5-10(7-14)11-3-2-4-12(16)13-11/h2-4,9-10,15H,5-8H2,1H3,(H,13,16)/t9-,10+/m0/s1. The molecule has 4 nitrogen and oxygen atoms in total. The normalized spacial score (nSPS) is 26.9. The molecule has 16 heavy (non-hydrogen) atoms. The number of aromatic amines is 1. The lowest BCUT2D eigenvalue weighted by molar-refractivity contribution is 0.124. The molecule has 4 heteroatoms. The number of H-pyrrole nitrogens is 1. The topological polar surface area (TPSA) is 56.3 Å². The molecule has 1 aliphatic rings. The molecule has 1 fully saturated rings. The molecule has 0 unspecified atom stereocenters. The number of pyridine rings is 1. The van der Waals surface area contributed by atoms with Crippen LogP contribution < -0.4 is 5.56 Å². The van der Waals surface area contributed by atoms with Gasteiger partial charge in [0.25, 0.3) is 0 Å². The molecule has 2 atom stereocenters. The fraction of sp³-hybridized carbons (Fsp3) is 0.583. The molecule has 1 aromatic rings. The van der Waals surface area contributed by atoms with E-state index in [2.05, 4.69) is 16.9 Å². The quantitative estimate of drug-likeness (QED) is 0.761. The van der Waals surface area contributed by atoms with Gasteiger partial charge in [-0.15, -0.1) is 0 Å². The zero-order valence-corrected chi connectivity index (χ0v) is 9.52. The molecule has 0 radical (unpaired) electrons.